The first-order valence-electron chi connectivity index (χ1n) is 9.78. The molecule has 0 spiro atoms. The van der Waals surface area contributed by atoms with Gasteiger partial charge in [0.05, 0.1) is 0 Å². The molecule has 0 atom stereocenters. The van der Waals surface area contributed by atoms with E-state index in [-0.39, 0.29) is 12.5 Å². The van der Waals surface area contributed by atoms with Gasteiger partial charge in [-0.15, -0.1) is 0 Å². The third-order valence-electron chi connectivity index (χ3n) is 4.50. The molecule has 0 heterocycles. The van der Waals surface area contributed by atoms with Crippen molar-refractivity contribution in [3.8, 4) is 5.75 Å². The first-order chi connectivity index (χ1) is 15.3. The molecule has 0 aliphatic carbocycles. The van der Waals surface area contributed by atoms with E-state index in [4.69, 9.17) is 16.3 Å². The predicted octanol–water partition coefficient (Wildman–Crippen LogP) is 4.05. The minimum atomic E-state index is -0.519. The van der Waals surface area contributed by atoms with Crippen molar-refractivity contribution in [2.75, 3.05) is 11.9 Å². The molecule has 0 aromatic heterocycles. The standard InChI is InChI=1S/C24H22ClN3O4/c1-15-4-3-5-18(12-15)23(30)26-20-9-6-17(7-10-20)24(31)28-27-22(29)14-32-21-11-8-19(25)13-16(21)2/h3-13H,14H2,1-2H3,(H,26,30)(H,27,29)(H,28,31). The zero-order valence-corrected chi connectivity index (χ0v) is 18.3. The van der Waals surface area contributed by atoms with E-state index in [1.807, 2.05) is 26.0 Å². The normalized spacial score (nSPS) is 10.2. The van der Waals surface area contributed by atoms with Gasteiger partial charge < -0.3 is 10.1 Å². The van der Waals surface area contributed by atoms with Gasteiger partial charge in [0.2, 0.25) is 0 Å². The van der Waals surface area contributed by atoms with Crippen LogP contribution in [-0.4, -0.2) is 24.3 Å². The van der Waals surface area contributed by atoms with Crippen molar-refractivity contribution in [3.05, 3.63) is 94.0 Å². The number of carbonyl (C=O) groups is 3. The number of aryl methyl sites for hydroxylation is 2. The molecule has 3 rings (SSSR count). The zero-order chi connectivity index (χ0) is 23.1. The highest BCUT2D eigenvalue weighted by molar-refractivity contribution is 6.30. The lowest BCUT2D eigenvalue weighted by Gasteiger charge is -2.11. The molecule has 0 fully saturated rings. The van der Waals surface area contributed by atoms with Crippen molar-refractivity contribution in [2.24, 2.45) is 0 Å². The topological polar surface area (TPSA) is 96.5 Å². The second-order valence-electron chi connectivity index (χ2n) is 7.10. The van der Waals surface area contributed by atoms with E-state index in [1.165, 1.54) is 0 Å². The molecule has 8 heteroatoms. The lowest BCUT2D eigenvalue weighted by atomic mass is 10.1. The number of hydrogen-bond donors (Lipinski definition) is 3. The van der Waals surface area contributed by atoms with Gasteiger partial charge in [-0.1, -0.05) is 29.3 Å². The minimum Gasteiger partial charge on any atom is -0.483 e. The summed E-state index contributed by atoms with van der Waals surface area (Å²) in [5.74, 6) is -0.736. The Balaban J connectivity index is 1.47. The van der Waals surface area contributed by atoms with E-state index >= 15 is 0 Å². The van der Waals surface area contributed by atoms with E-state index < -0.39 is 11.8 Å². The SMILES string of the molecule is Cc1cccc(C(=O)Nc2ccc(C(=O)NNC(=O)COc3ccc(Cl)cc3C)cc2)c1. The maximum Gasteiger partial charge on any atom is 0.276 e. The second-order valence-corrected chi connectivity index (χ2v) is 7.54. The van der Waals surface area contributed by atoms with Crippen molar-refractivity contribution in [2.45, 2.75) is 13.8 Å². The summed E-state index contributed by atoms with van der Waals surface area (Å²) in [4.78, 5) is 36.5. The highest BCUT2D eigenvalue weighted by Gasteiger charge is 2.10. The lowest BCUT2D eigenvalue weighted by molar-refractivity contribution is -0.123. The third kappa shape index (κ3) is 6.33. The van der Waals surface area contributed by atoms with E-state index in [0.717, 1.165) is 11.1 Å². The molecule has 0 unspecified atom stereocenters. The molecule has 7 nitrogen and oxygen atoms in total. The number of hydrazine groups is 1. The van der Waals surface area contributed by atoms with Gasteiger partial charge in [-0.3, -0.25) is 25.2 Å². The maximum absolute atomic E-state index is 12.3. The Kier molecular flexibility index (Phi) is 7.46. The van der Waals surface area contributed by atoms with Crippen LogP contribution in [0.4, 0.5) is 5.69 Å². The number of hydrogen-bond acceptors (Lipinski definition) is 4. The summed E-state index contributed by atoms with van der Waals surface area (Å²) in [7, 11) is 0. The van der Waals surface area contributed by atoms with Gasteiger partial charge in [-0.05, 0) is 74.0 Å². The average Bonchev–Trinajstić information content (AvgIpc) is 2.77. The van der Waals surface area contributed by atoms with Crippen molar-refractivity contribution >= 4 is 35.0 Å². The van der Waals surface area contributed by atoms with E-state index in [1.54, 1.807) is 54.6 Å². The predicted molar refractivity (Wildman–Crippen MR) is 123 cm³/mol. The van der Waals surface area contributed by atoms with Crippen LogP contribution in [0, 0.1) is 13.8 Å². The summed E-state index contributed by atoms with van der Waals surface area (Å²) in [5.41, 5.74) is 7.81. The van der Waals surface area contributed by atoms with Gasteiger partial charge in [-0.2, -0.15) is 0 Å². The molecule has 0 aliphatic rings. The van der Waals surface area contributed by atoms with Crippen LogP contribution >= 0.6 is 11.6 Å². The number of halogens is 1. The Morgan fingerprint density at radius 2 is 1.59 bits per heavy atom. The van der Waals surface area contributed by atoms with Crippen LogP contribution < -0.4 is 20.9 Å². The number of amides is 3. The van der Waals surface area contributed by atoms with Gasteiger partial charge in [0.1, 0.15) is 5.75 Å². The summed E-state index contributed by atoms with van der Waals surface area (Å²) in [6, 6.07) is 18.6. The summed E-state index contributed by atoms with van der Waals surface area (Å²) >= 11 is 5.89. The average molecular weight is 452 g/mol. The Bertz CT molecular complexity index is 1150. The minimum absolute atomic E-state index is 0.242. The molecular weight excluding hydrogens is 430 g/mol. The van der Waals surface area contributed by atoms with E-state index in [0.29, 0.717) is 27.6 Å². The van der Waals surface area contributed by atoms with Crippen LogP contribution in [-0.2, 0) is 4.79 Å². The molecule has 0 bridgehead atoms. The molecule has 0 aliphatic heterocycles. The molecule has 3 aromatic rings. The van der Waals surface area contributed by atoms with Crippen molar-refractivity contribution in [1.82, 2.24) is 10.9 Å². The summed E-state index contributed by atoms with van der Waals surface area (Å²) in [6.45, 7) is 3.45. The van der Waals surface area contributed by atoms with Gasteiger partial charge in [0, 0.05) is 21.8 Å². The van der Waals surface area contributed by atoms with Crippen molar-refractivity contribution in [1.29, 1.82) is 0 Å². The maximum atomic E-state index is 12.3. The number of anilines is 1. The highest BCUT2D eigenvalue weighted by Crippen LogP contribution is 2.21. The summed E-state index contributed by atoms with van der Waals surface area (Å²) < 4.78 is 5.43. The van der Waals surface area contributed by atoms with E-state index in [9.17, 15) is 14.4 Å². The molecule has 3 aromatic carbocycles. The second kappa shape index (κ2) is 10.5. The smallest absolute Gasteiger partial charge is 0.276 e. The molecule has 3 N–H and O–H groups in total. The van der Waals surface area contributed by atoms with Crippen LogP contribution in [0.1, 0.15) is 31.8 Å². The largest absolute Gasteiger partial charge is 0.483 e. The van der Waals surface area contributed by atoms with Crippen molar-refractivity contribution < 1.29 is 19.1 Å². The fraction of sp³-hybridized carbons (Fsp3) is 0.125. The zero-order valence-electron chi connectivity index (χ0n) is 17.6. The lowest BCUT2D eigenvalue weighted by Crippen LogP contribution is -2.43. The molecule has 0 radical (unpaired) electrons. The first kappa shape index (κ1) is 22.8. The Labute approximate surface area is 190 Å². The van der Waals surface area contributed by atoms with Crippen LogP contribution in [0.2, 0.25) is 5.02 Å². The Hall–Kier alpha value is -3.84. The fourth-order valence-corrected chi connectivity index (χ4v) is 3.07. The van der Waals surface area contributed by atoms with Crippen LogP contribution in [0.3, 0.4) is 0 Å². The summed E-state index contributed by atoms with van der Waals surface area (Å²) in [6.07, 6.45) is 0. The third-order valence-corrected chi connectivity index (χ3v) is 4.73. The van der Waals surface area contributed by atoms with Crippen LogP contribution in [0.15, 0.2) is 66.7 Å². The molecule has 0 saturated heterocycles. The molecule has 32 heavy (non-hydrogen) atoms. The number of benzene rings is 3. The van der Waals surface area contributed by atoms with Crippen LogP contribution in [0.25, 0.3) is 0 Å². The van der Waals surface area contributed by atoms with E-state index in [2.05, 4.69) is 16.2 Å². The molecule has 0 saturated carbocycles. The monoisotopic (exact) mass is 451 g/mol. The highest BCUT2D eigenvalue weighted by atomic mass is 35.5. The molecular formula is C24H22ClN3O4. The number of ether oxygens (including phenoxy) is 1. The van der Waals surface area contributed by atoms with Crippen molar-refractivity contribution in [3.63, 3.8) is 0 Å². The van der Waals surface area contributed by atoms with Gasteiger partial charge in [0.15, 0.2) is 6.61 Å². The van der Waals surface area contributed by atoms with Gasteiger partial charge in [-0.25, -0.2) is 0 Å². The number of nitrogens with one attached hydrogen (secondary N) is 3. The Morgan fingerprint density at radius 1 is 0.844 bits per heavy atom. The quantitative estimate of drug-likeness (QED) is 0.492. The number of carbonyl (C=O) groups excluding carboxylic acids is 3. The van der Waals surface area contributed by atoms with Crippen LogP contribution in [0.5, 0.6) is 5.75 Å². The summed E-state index contributed by atoms with van der Waals surface area (Å²) in [5, 5.41) is 3.35. The number of rotatable bonds is 6. The Morgan fingerprint density at radius 3 is 2.28 bits per heavy atom. The molecule has 3 amide bonds. The fourth-order valence-electron chi connectivity index (χ4n) is 2.85. The first-order valence-corrected chi connectivity index (χ1v) is 10.2. The molecule has 164 valence electrons. The van der Waals surface area contributed by atoms with Gasteiger partial charge in [0.25, 0.3) is 17.7 Å². The van der Waals surface area contributed by atoms with Gasteiger partial charge >= 0.3 is 0 Å².